The molecule has 90 valence electrons. The number of likely N-dealkylation sites (tertiary alicyclic amines) is 1. The fraction of sp³-hybridized carbons (Fsp3) is 0.385. The predicted octanol–water partition coefficient (Wildman–Crippen LogP) is 2.38. The molecule has 0 saturated carbocycles. The van der Waals surface area contributed by atoms with Crippen molar-refractivity contribution in [1.82, 2.24) is 10.3 Å². The number of rotatable bonds is 2. The van der Waals surface area contributed by atoms with Gasteiger partial charge in [0.25, 0.3) is 0 Å². The van der Waals surface area contributed by atoms with Crippen molar-refractivity contribution in [3.8, 4) is 0 Å². The lowest BCUT2D eigenvalue weighted by Crippen LogP contribution is -2.35. The van der Waals surface area contributed by atoms with Crippen molar-refractivity contribution in [2.45, 2.75) is 19.8 Å². The Kier molecular flexibility index (Phi) is 4.09. The zero-order chi connectivity index (χ0) is 12.1. The molecule has 0 bridgehead atoms. The van der Waals surface area contributed by atoms with Crippen LogP contribution in [0.1, 0.15) is 25.3 Å². The van der Waals surface area contributed by atoms with E-state index >= 15 is 0 Å². The van der Waals surface area contributed by atoms with E-state index in [2.05, 4.69) is 15.4 Å². The average Bonchev–Trinajstić information content (AvgIpc) is 2.90. The molecule has 1 aliphatic heterocycles. The Balaban J connectivity index is 1.94. The van der Waals surface area contributed by atoms with Gasteiger partial charge in [0, 0.05) is 13.1 Å². The fourth-order valence-corrected chi connectivity index (χ4v) is 2.09. The topological polar surface area (TPSA) is 27.6 Å². The minimum absolute atomic E-state index is 0.734. The average molecular weight is 247 g/mol. The van der Waals surface area contributed by atoms with Crippen LogP contribution in [-0.4, -0.2) is 28.8 Å². The van der Waals surface area contributed by atoms with Gasteiger partial charge < -0.3 is 4.90 Å². The van der Waals surface area contributed by atoms with E-state index in [1.807, 2.05) is 37.3 Å². The molecule has 3 nitrogen and oxygen atoms in total. The minimum atomic E-state index is 0.734. The number of hydrogen-bond acceptors (Lipinski definition) is 2. The summed E-state index contributed by atoms with van der Waals surface area (Å²) in [7, 11) is 0. The molecule has 1 fully saturated rings. The van der Waals surface area contributed by atoms with Gasteiger partial charge in [-0.1, -0.05) is 30.3 Å². The summed E-state index contributed by atoms with van der Waals surface area (Å²) in [5.41, 5.74) is 5.03. The molecule has 0 spiro atoms. The lowest BCUT2D eigenvalue weighted by molar-refractivity contribution is 0.509. The molecule has 0 aliphatic carbocycles. The van der Waals surface area contributed by atoms with Crippen LogP contribution in [0.3, 0.4) is 0 Å². The van der Waals surface area contributed by atoms with Gasteiger partial charge in [0.15, 0.2) is 5.11 Å². The largest absolute Gasteiger partial charge is 0.348 e. The summed E-state index contributed by atoms with van der Waals surface area (Å²) < 4.78 is 0. The maximum atomic E-state index is 5.29. The zero-order valence-corrected chi connectivity index (χ0v) is 10.8. The van der Waals surface area contributed by atoms with Crippen molar-refractivity contribution in [2.24, 2.45) is 5.10 Å². The molecule has 2 rings (SSSR count). The second-order valence-corrected chi connectivity index (χ2v) is 4.56. The summed E-state index contributed by atoms with van der Waals surface area (Å²) in [6, 6.07) is 10.1. The molecule has 1 aromatic rings. The first kappa shape index (κ1) is 12.0. The van der Waals surface area contributed by atoms with Crippen molar-refractivity contribution in [2.75, 3.05) is 13.1 Å². The summed E-state index contributed by atoms with van der Waals surface area (Å²) >= 11 is 5.29. The molecule has 1 aliphatic rings. The van der Waals surface area contributed by atoms with E-state index in [0.29, 0.717) is 0 Å². The third-order valence-electron chi connectivity index (χ3n) is 2.90. The third kappa shape index (κ3) is 3.27. The molecule has 0 atom stereocenters. The number of nitrogens with one attached hydrogen (secondary N) is 1. The maximum absolute atomic E-state index is 5.29. The van der Waals surface area contributed by atoms with Gasteiger partial charge in [-0.05, 0) is 37.5 Å². The first-order valence-corrected chi connectivity index (χ1v) is 6.33. The van der Waals surface area contributed by atoms with Crippen LogP contribution in [0.5, 0.6) is 0 Å². The van der Waals surface area contributed by atoms with E-state index in [9.17, 15) is 0 Å². The number of hydrogen-bond donors (Lipinski definition) is 1. The molecule has 0 amide bonds. The SMILES string of the molecule is C/C(=N\NC(=S)N1CCCC1)c1ccccc1. The highest BCUT2D eigenvalue weighted by Gasteiger charge is 2.13. The molecule has 1 aromatic carbocycles. The second kappa shape index (κ2) is 5.77. The number of benzene rings is 1. The van der Waals surface area contributed by atoms with Crippen LogP contribution in [0.15, 0.2) is 35.4 Å². The smallest absolute Gasteiger partial charge is 0.189 e. The van der Waals surface area contributed by atoms with Crippen LogP contribution in [0.2, 0.25) is 0 Å². The molecule has 0 radical (unpaired) electrons. The van der Waals surface area contributed by atoms with Crippen LogP contribution < -0.4 is 5.43 Å². The highest BCUT2D eigenvalue weighted by molar-refractivity contribution is 7.80. The highest BCUT2D eigenvalue weighted by Crippen LogP contribution is 2.07. The molecule has 1 N–H and O–H groups in total. The van der Waals surface area contributed by atoms with Crippen LogP contribution in [-0.2, 0) is 0 Å². The number of hydrazone groups is 1. The Morgan fingerprint density at radius 3 is 2.53 bits per heavy atom. The van der Waals surface area contributed by atoms with Crippen molar-refractivity contribution < 1.29 is 0 Å². The molecule has 0 aromatic heterocycles. The molecule has 1 heterocycles. The Bertz CT molecular complexity index is 408. The number of nitrogens with zero attached hydrogens (tertiary/aromatic N) is 2. The van der Waals surface area contributed by atoms with E-state index in [0.717, 1.165) is 29.5 Å². The highest BCUT2D eigenvalue weighted by atomic mass is 32.1. The Morgan fingerprint density at radius 2 is 1.88 bits per heavy atom. The number of thiocarbonyl (C=S) groups is 1. The van der Waals surface area contributed by atoms with Crippen molar-refractivity contribution in [1.29, 1.82) is 0 Å². The summed E-state index contributed by atoms with van der Waals surface area (Å²) in [5.74, 6) is 0. The first-order valence-electron chi connectivity index (χ1n) is 5.92. The van der Waals surface area contributed by atoms with Gasteiger partial charge in [-0.25, -0.2) is 0 Å². The summed E-state index contributed by atoms with van der Waals surface area (Å²) in [6.45, 7) is 4.08. The quantitative estimate of drug-likeness (QED) is 0.494. The van der Waals surface area contributed by atoms with Gasteiger partial charge in [0.2, 0.25) is 0 Å². The summed E-state index contributed by atoms with van der Waals surface area (Å²) in [4.78, 5) is 2.16. The monoisotopic (exact) mass is 247 g/mol. The first-order chi connectivity index (χ1) is 8.27. The third-order valence-corrected chi connectivity index (χ3v) is 3.25. The predicted molar refractivity (Wildman–Crippen MR) is 75.2 cm³/mol. The fourth-order valence-electron chi connectivity index (χ4n) is 1.87. The van der Waals surface area contributed by atoms with Crippen LogP contribution >= 0.6 is 12.2 Å². The normalized spacial score (nSPS) is 16.1. The Labute approximate surface area is 108 Å². The molecule has 4 heteroatoms. The summed E-state index contributed by atoms with van der Waals surface area (Å²) in [5, 5.41) is 5.06. The van der Waals surface area contributed by atoms with Crippen LogP contribution in [0.4, 0.5) is 0 Å². The Morgan fingerprint density at radius 1 is 1.24 bits per heavy atom. The molecule has 0 unspecified atom stereocenters. The van der Waals surface area contributed by atoms with E-state index in [-0.39, 0.29) is 0 Å². The van der Waals surface area contributed by atoms with Gasteiger partial charge in [-0.3, -0.25) is 5.43 Å². The van der Waals surface area contributed by atoms with Crippen molar-refractivity contribution in [3.63, 3.8) is 0 Å². The maximum Gasteiger partial charge on any atom is 0.189 e. The van der Waals surface area contributed by atoms with Crippen LogP contribution in [0, 0.1) is 0 Å². The minimum Gasteiger partial charge on any atom is -0.348 e. The molecular weight excluding hydrogens is 230 g/mol. The van der Waals surface area contributed by atoms with Gasteiger partial charge in [-0.15, -0.1) is 0 Å². The molecule has 1 saturated heterocycles. The lowest BCUT2D eigenvalue weighted by atomic mass is 10.1. The van der Waals surface area contributed by atoms with E-state index in [1.165, 1.54) is 12.8 Å². The van der Waals surface area contributed by atoms with Crippen molar-refractivity contribution in [3.05, 3.63) is 35.9 Å². The Hall–Kier alpha value is -1.42. The van der Waals surface area contributed by atoms with Gasteiger partial charge in [0.05, 0.1) is 5.71 Å². The van der Waals surface area contributed by atoms with Crippen LogP contribution in [0.25, 0.3) is 0 Å². The van der Waals surface area contributed by atoms with E-state index in [1.54, 1.807) is 0 Å². The van der Waals surface area contributed by atoms with Gasteiger partial charge in [0.1, 0.15) is 0 Å². The standard InChI is InChI=1S/C13H17N3S/c1-11(12-7-3-2-4-8-12)14-15-13(17)16-9-5-6-10-16/h2-4,7-8H,5-6,9-10H2,1H3,(H,15,17)/b14-11+. The lowest BCUT2D eigenvalue weighted by Gasteiger charge is -2.17. The van der Waals surface area contributed by atoms with Crippen molar-refractivity contribution >= 4 is 23.0 Å². The van der Waals surface area contributed by atoms with E-state index < -0.39 is 0 Å². The van der Waals surface area contributed by atoms with Gasteiger partial charge >= 0.3 is 0 Å². The van der Waals surface area contributed by atoms with Gasteiger partial charge in [-0.2, -0.15) is 5.10 Å². The zero-order valence-electron chi connectivity index (χ0n) is 10.0. The second-order valence-electron chi connectivity index (χ2n) is 4.17. The molecular formula is C13H17N3S. The summed E-state index contributed by atoms with van der Waals surface area (Å²) in [6.07, 6.45) is 2.45. The molecule has 17 heavy (non-hydrogen) atoms. The van der Waals surface area contributed by atoms with E-state index in [4.69, 9.17) is 12.2 Å².